The first kappa shape index (κ1) is 18.0. The van der Waals surface area contributed by atoms with E-state index in [1.54, 1.807) is 12.1 Å². The molecule has 0 aliphatic heterocycles. The largest absolute Gasteiger partial charge is 0.248 e. The third kappa shape index (κ3) is 4.13. The fraction of sp³-hybridized carbons (Fsp3) is 0.353. The van der Waals surface area contributed by atoms with Crippen molar-refractivity contribution in [2.24, 2.45) is 0 Å². The van der Waals surface area contributed by atoms with Crippen LogP contribution in [0.3, 0.4) is 0 Å². The SMILES string of the molecule is CCN(CC)S(=O)(=O)c1ccc(Sc2ccc(C)c(C)c2)nc1. The molecule has 1 aromatic heterocycles. The van der Waals surface area contributed by atoms with Crippen LogP contribution < -0.4 is 0 Å². The Morgan fingerprint density at radius 3 is 2.26 bits per heavy atom. The van der Waals surface area contributed by atoms with Gasteiger partial charge in [-0.05, 0) is 49.2 Å². The van der Waals surface area contributed by atoms with Gasteiger partial charge in [0, 0.05) is 24.2 Å². The number of hydrogen-bond acceptors (Lipinski definition) is 4. The smallest absolute Gasteiger partial charge is 0.244 e. The standard InChI is InChI=1S/C17H22N2O2S2/c1-5-19(6-2)23(20,21)16-9-10-17(18-12-16)22-15-8-7-13(3)14(4)11-15/h7-12H,5-6H2,1-4H3. The molecule has 0 unspecified atom stereocenters. The van der Waals surface area contributed by atoms with E-state index >= 15 is 0 Å². The van der Waals surface area contributed by atoms with E-state index in [-0.39, 0.29) is 4.90 Å². The van der Waals surface area contributed by atoms with Crippen molar-refractivity contribution in [3.8, 4) is 0 Å². The highest BCUT2D eigenvalue weighted by molar-refractivity contribution is 7.99. The molecule has 0 spiro atoms. The van der Waals surface area contributed by atoms with Crippen molar-refractivity contribution in [2.75, 3.05) is 13.1 Å². The van der Waals surface area contributed by atoms with E-state index in [1.807, 2.05) is 13.8 Å². The highest BCUT2D eigenvalue weighted by Gasteiger charge is 2.21. The van der Waals surface area contributed by atoms with Crippen LogP contribution in [0.1, 0.15) is 25.0 Å². The molecule has 0 saturated carbocycles. The minimum absolute atomic E-state index is 0.241. The number of sulfonamides is 1. The summed E-state index contributed by atoms with van der Waals surface area (Å²) in [4.78, 5) is 5.64. The van der Waals surface area contributed by atoms with Gasteiger partial charge in [0.05, 0.1) is 0 Å². The summed E-state index contributed by atoms with van der Waals surface area (Å²) in [7, 11) is -3.44. The van der Waals surface area contributed by atoms with E-state index in [1.165, 1.54) is 33.4 Å². The topological polar surface area (TPSA) is 50.3 Å². The Balaban J connectivity index is 2.21. The Morgan fingerprint density at radius 1 is 1.04 bits per heavy atom. The zero-order valence-corrected chi connectivity index (χ0v) is 15.5. The molecule has 0 atom stereocenters. The summed E-state index contributed by atoms with van der Waals surface area (Å²) >= 11 is 1.53. The fourth-order valence-corrected chi connectivity index (χ4v) is 4.45. The number of benzene rings is 1. The number of nitrogens with zero attached hydrogens (tertiary/aromatic N) is 2. The van der Waals surface area contributed by atoms with E-state index in [2.05, 4.69) is 37.0 Å². The quantitative estimate of drug-likeness (QED) is 0.793. The Kier molecular flexibility index (Phi) is 5.84. The van der Waals surface area contributed by atoms with Crippen molar-refractivity contribution in [3.63, 3.8) is 0 Å². The van der Waals surface area contributed by atoms with Crippen LogP contribution in [0.2, 0.25) is 0 Å². The molecular formula is C17H22N2O2S2. The van der Waals surface area contributed by atoms with Gasteiger partial charge in [-0.1, -0.05) is 31.7 Å². The minimum Gasteiger partial charge on any atom is -0.248 e. The number of pyridine rings is 1. The van der Waals surface area contributed by atoms with Crippen molar-refractivity contribution in [1.29, 1.82) is 0 Å². The third-order valence-electron chi connectivity index (χ3n) is 3.75. The van der Waals surface area contributed by atoms with Crippen LogP contribution in [-0.4, -0.2) is 30.8 Å². The maximum atomic E-state index is 12.4. The maximum Gasteiger partial charge on any atom is 0.244 e. The molecule has 0 saturated heterocycles. The number of aryl methyl sites for hydroxylation is 2. The van der Waals surface area contributed by atoms with Gasteiger partial charge in [-0.3, -0.25) is 0 Å². The first-order valence-corrected chi connectivity index (χ1v) is 9.85. The lowest BCUT2D eigenvalue weighted by atomic mass is 10.1. The Morgan fingerprint density at radius 2 is 1.74 bits per heavy atom. The summed E-state index contributed by atoms with van der Waals surface area (Å²) < 4.78 is 26.3. The second kappa shape index (κ2) is 7.47. The Labute approximate surface area is 143 Å². The second-order valence-corrected chi connectivity index (χ2v) is 8.30. The lowest BCUT2D eigenvalue weighted by Gasteiger charge is -2.18. The molecule has 0 radical (unpaired) electrons. The molecule has 0 aliphatic carbocycles. The number of aromatic nitrogens is 1. The summed E-state index contributed by atoms with van der Waals surface area (Å²) in [5.74, 6) is 0. The molecule has 1 heterocycles. The van der Waals surface area contributed by atoms with Crippen LogP contribution in [0.15, 0.2) is 51.3 Å². The third-order valence-corrected chi connectivity index (χ3v) is 6.73. The molecule has 1 aromatic carbocycles. The first-order valence-electron chi connectivity index (χ1n) is 7.59. The van der Waals surface area contributed by atoms with Gasteiger partial charge in [0.25, 0.3) is 0 Å². The minimum atomic E-state index is -3.44. The fourth-order valence-electron chi connectivity index (χ4n) is 2.19. The predicted octanol–water partition coefficient (Wildman–Crippen LogP) is 3.88. The monoisotopic (exact) mass is 350 g/mol. The van der Waals surface area contributed by atoms with Crippen molar-refractivity contribution >= 4 is 21.8 Å². The van der Waals surface area contributed by atoms with Gasteiger partial charge in [0.15, 0.2) is 0 Å². The predicted molar refractivity (Wildman–Crippen MR) is 94.4 cm³/mol. The van der Waals surface area contributed by atoms with Gasteiger partial charge in [-0.15, -0.1) is 0 Å². The first-order chi connectivity index (χ1) is 10.9. The zero-order chi connectivity index (χ0) is 17.0. The summed E-state index contributed by atoms with van der Waals surface area (Å²) in [6.45, 7) is 8.73. The van der Waals surface area contributed by atoms with Crippen LogP contribution in [0.5, 0.6) is 0 Å². The van der Waals surface area contributed by atoms with E-state index in [0.29, 0.717) is 13.1 Å². The summed E-state index contributed by atoms with van der Waals surface area (Å²) in [6.07, 6.45) is 1.44. The number of rotatable bonds is 6. The highest BCUT2D eigenvalue weighted by Crippen LogP contribution is 2.28. The van der Waals surface area contributed by atoms with Crippen LogP contribution in [-0.2, 0) is 10.0 Å². The van der Waals surface area contributed by atoms with Crippen LogP contribution in [0.4, 0.5) is 0 Å². The highest BCUT2D eigenvalue weighted by atomic mass is 32.2. The molecule has 23 heavy (non-hydrogen) atoms. The molecule has 2 rings (SSSR count). The van der Waals surface area contributed by atoms with Crippen LogP contribution in [0, 0.1) is 13.8 Å². The molecule has 0 N–H and O–H groups in total. The van der Waals surface area contributed by atoms with Gasteiger partial charge < -0.3 is 0 Å². The second-order valence-electron chi connectivity index (χ2n) is 5.27. The molecule has 0 bridgehead atoms. The lowest BCUT2D eigenvalue weighted by Crippen LogP contribution is -2.30. The average molecular weight is 351 g/mol. The van der Waals surface area contributed by atoms with Gasteiger partial charge in [-0.25, -0.2) is 13.4 Å². The van der Waals surface area contributed by atoms with Crippen molar-refractivity contribution in [1.82, 2.24) is 9.29 Å². The lowest BCUT2D eigenvalue weighted by molar-refractivity contribution is 0.445. The molecule has 0 fully saturated rings. The molecule has 2 aromatic rings. The van der Waals surface area contributed by atoms with Crippen LogP contribution >= 0.6 is 11.8 Å². The van der Waals surface area contributed by atoms with Gasteiger partial charge in [-0.2, -0.15) is 4.31 Å². The maximum absolute atomic E-state index is 12.4. The number of hydrogen-bond donors (Lipinski definition) is 0. The van der Waals surface area contributed by atoms with Gasteiger partial charge in [0.2, 0.25) is 10.0 Å². The van der Waals surface area contributed by atoms with E-state index in [0.717, 1.165) is 9.92 Å². The van der Waals surface area contributed by atoms with E-state index < -0.39 is 10.0 Å². The Bertz CT molecular complexity index is 768. The van der Waals surface area contributed by atoms with E-state index in [4.69, 9.17) is 0 Å². The van der Waals surface area contributed by atoms with Crippen molar-refractivity contribution in [3.05, 3.63) is 47.7 Å². The molecule has 6 heteroatoms. The van der Waals surface area contributed by atoms with Gasteiger partial charge in [0.1, 0.15) is 9.92 Å². The van der Waals surface area contributed by atoms with Crippen molar-refractivity contribution in [2.45, 2.75) is 42.5 Å². The summed E-state index contributed by atoms with van der Waals surface area (Å²) in [6, 6.07) is 9.63. The molecule has 0 aliphatic rings. The molecular weight excluding hydrogens is 328 g/mol. The molecule has 124 valence electrons. The summed E-state index contributed by atoms with van der Waals surface area (Å²) in [5, 5.41) is 0.784. The van der Waals surface area contributed by atoms with Crippen molar-refractivity contribution < 1.29 is 8.42 Å². The normalized spacial score (nSPS) is 11.9. The Hall–Kier alpha value is -1.37. The molecule has 4 nitrogen and oxygen atoms in total. The molecule has 0 amide bonds. The average Bonchev–Trinajstić information content (AvgIpc) is 2.52. The van der Waals surface area contributed by atoms with Crippen LogP contribution in [0.25, 0.3) is 0 Å². The summed E-state index contributed by atoms with van der Waals surface area (Å²) in [5.41, 5.74) is 2.48. The van der Waals surface area contributed by atoms with E-state index in [9.17, 15) is 8.42 Å². The zero-order valence-electron chi connectivity index (χ0n) is 13.9. The van der Waals surface area contributed by atoms with Gasteiger partial charge >= 0.3 is 0 Å².